The van der Waals surface area contributed by atoms with Gasteiger partial charge in [-0.05, 0) is 0 Å². The number of carbonyl (C=O) groups excluding carboxylic acids is 1. The van der Waals surface area contributed by atoms with Crippen LogP contribution in [0.25, 0.3) is 0 Å². The summed E-state index contributed by atoms with van der Waals surface area (Å²) < 4.78 is 33.0. The van der Waals surface area contributed by atoms with Gasteiger partial charge in [0.1, 0.15) is 86.5 Å². The second-order valence-electron chi connectivity index (χ2n) is 13.5. The molecule has 0 amide bonds. The zero-order valence-corrected chi connectivity index (χ0v) is 29.0. The van der Waals surface area contributed by atoms with Gasteiger partial charge < -0.3 is 101 Å². The number of benzene rings is 1. The summed E-state index contributed by atoms with van der Waals surface area (Å²) in [5.41, 5.74) is -4.55. The molecule has 4 saturated heterocycles. The Labute approximate surface area is 314 Å². The summed E-state index contributed by atoms with van der Waals surface area (Å²) in [6.07, 6.45) is -30.1. The molecule has 0 bridgehead atoms. The van der Waals surface area contributed by atoms with Crippen molar-refractivity contribution in [3.05, 3.63) is 35.9 Å². The molecule has 0 spiro atoms. The highest BCUT2D eigenvalue weighted by Gasteiger charge is 2.76. The van der Waals surface area contributed by atoms with Gasteiger partial charge in [0, 0.05) is 5.56 Å². The molecule has 0 aliphatic carbocycles. The molecule has 0 aromatic heterocycles. The summed E-state index contributed by atoms with van der Waals surface area (Å²) in [6, 6.07) is 6.02. The molecular weight excluding hydrogens is 772 g/mol. The number of carbonyl (C=O) groups is 1. The summed E-state index contributed by atoms with van der Waals surface area (Å²) in [4.78, 5) is 25.0. The Morgan fingerprint density at radius 3 is 1.45 bits per heavy atom. The molecular formula is C31H46O25. The van der Waals surface area contributed by atoms with E-state index in [1.54, 1.807) is 0 Å². The second kappa shape index (κ2) is 16.9. The van der Waals surface area contributed by atoms with Crippen LogP contribution in [-0.2, 0) is 38.2 Å². The molecule has 2 unspecified atom stereocenters. The maximum absolute atomic E-state index is 14.3. The fraction of sp³-hybridized carbons (Fsp3) is 0.774. The maximum atomic E-state index is 14.3. The van der Waals surface area contributed by atoms with Crippen molar-refractivity contribution in [1.29, 1.82) is 0 Å². The van der Waals surface area contributed by atoms with Crippen molar-refractivity contribution >= 4 is 5.78 Å². The fourth-order valence-electron chi connectivity index (χ4n) is 6.79. The average Bonchev–Trinajstić information content (AvgIpc) is 3.60. The molecule has 1 aromatic carbocycles. The van der Waals surface area contributed by atoms with Crippen molar-refractivity contribution in [2.45, 2.75) is 108 Å². The lowest BCUT2D eigenvalue weighted by atomic mass is 9.79. The van der Waals surface area contributed by atoms with E-state index in [-0.39, 0.29) is 0 Å². The van der Waals surface area contributed by atoms with Gasteiger partial charge in [0.05, 0.1) is 26.4 Å². The lowest BCUT2D eigenvalue weighted by Gasteiger charge is -2.55. The molecule has 1 aromatic rings. The number of hydrogen-bond donors (Lipinski definition) is 16. The van der Waals surface area contributed by atoms with Gasteiger partial charge in [0.2, 0.25) is 23.0 Å². The minimum atomic E-state index is -4.15. The van der Waals surface area contributed by atoms with E-state index in [0.717, 1.165) is 12.1 Å². The maximum Gasteiger partial charge on any atom is 0.355 e. The second-order valence-corrected chi connectivity index (χ2v) is 13.5. The van der Waals surface area contributed by atoms with Crippen molar-refractivity contribution in [2.24, 2.45) is 0 Å². The number of ketones is 1. The molecule has 320 valence electrons. The van der Waals surface area contributed by atoms with Crippen LogP contribution in [0, 0.1) is 0 Å². The Balaban J connectivity index is 1.74. The molecule has 56 heavy (non-hydrogen) atoms. The molecule has 25 heteroatoms. The Morgan fingerprint density at radius 2 is 0.982 bits per heavy atom. The summed E-state index contributed by atoms with van der Waals surface area (Å²) in [5, 5.41) is 171. The zero-order chi connectivity index (χ0) is 41.6. The smallest absolute Gasteiger partial charge is 0.355 e. The van der Waals surface area contributed by atoms with Gasteiger partial charge in [-0.15, -0.1) is 0 Å². The van der Waals surface area contributed by atoms with Crippen molar-refractivity contribution in [2.75, 3.05) is 39.6 Å². The van der Waals surface area contributed by atoms with Gasteiger partial charge in [-0.25, -0.2) is 0 Å². The van der Waals surface area contributed by atoms with E-state index in [2.05, 4.69) is 0 Å². The highest BCUT2D eigenvalue weighted by atomic mass is 17.3. The Bertz CT molecular complexity index is 1480. The first-order valence-corrected chi connectivity index (χ1v) is 17.0. The standard InChI is InChI=1S/C31H46O25/c32-6-13-17(38)21(42)26(47)30(51-13,53-27(10-36)23(44)18(39)14(7-33)49-27)55-56-31(54-28(11-37)24(45)19(40)15(8-34)50-28)29(48,22(43)12-4-2-1-3-5-12)25(46)20(41)16(9-35)52-31/h1-5,13-21,23-26,32-42,44-48H,6-11H2/t13-,14-,15-,16-,17-,18-,19-,20-,21+,23+,24+,25+,26-,27?,28?,29-,30-,31-/m1/s1. The van der Waals surface area contributed by atoms with Crippen LogP contribution >= 0.6 is 0 Å². The van der Waals surface area contributed by atoms with E-state index in [4.69, 9.17) is 38.2 Å². The third kappa shape index (κ3) is 7.08. The highest BCUT2D eigenvalue weighted by molar-refractivity contribution is 6.03. The van der Waals surface area contributed by atoms with E-state index in [1.807, 2.05) is 0 Å². The van der Waals surface area contributed by atoms with E-state index in [0.29, 0.717) is 0 Å². The Morgan fingerprint density at radius 1 is 0.536 bits per heavy atom. The first-order chi connectivity index (χ1) is 26.4. The van der Waals surface area contributed by atoms with Crippen molar-refractivity contribution in [1.82, 2.24) is 0 Å². The molecule has 4 fully saturated rings. The number of hydrogen-bond acceptors (Lipinski definition) is 25. The van der Waals surface area contributed by atoms with Gasteiger partial charge in [0.25, 0.3) is 0 Å². The summed E-state index contributed by atoms with van der Waals surface area (Å²) in [6.45, 7) is -7.89. The molecule has 4 heterocycles. The molecule has 0 saturated carbocycles. The van der Waals surface area contributed by atoms with Crippen LogP contribution in [0.4, 0.5) is 0 Å². The number of aliphatic hydroxyl groups excluding tert-OH is 15. The van der Waals surface area contributed by atoms with Crippen LogP contribution in [0.15, 0.2) is 30.3 Å². The monoisotopic (exact) mass is 818 g/mol. The lowest BCUT2D eigenvalue weighted by Crippen LogP contribution is -2.80. The third-order valence-corrected chi connectivity index (χ3v) is 10.1. The quantitative estimate of drug-likeness (QED) is 0.0338. The van der Waals surface area contributed by atoms with Crippen LogP contribution in [0.2, 0.25) is 0 Å². The van der Waals surface area contributed by atoms with E-state index in [9.17, 15) is 86.5 Å². The zero-order valence-electron chi connectivity index (χ0n) is 29.0. The summed E-state index contributed by atoms with van der Waals surface area (Å²) >= 11 is 0. The topological polar surface area (TPSA) is 415 Å². The van der Waals surface area contributed by atoms with Gasteiger partial charge in [-0.3, -0.25) is 14.3 Å². The van der Waals surface area contributed by atoms with Gasteiger partial charge in [-0.2, -0.15) is 9.78 Å². The van der Waals surface area contributed by atoms with E-state index >= 15 is 0 Å². The number of rotatable bonds is 15. The van der Waals surface area contributed by atoms with Crippen LogP contribution in [0.3, 0.4) is 0 Å². The molecule has 16 N–H and O–H groups in total. The molecule has 0 radical (unpaired) electrons. The molecule has 5 rings (SSSR count). The fourth-order valence-corrected chi connectivity index (χ4v) is 6.79. The first-order valence-electron chi connectivity index (χ1n) is 17.0. The van der Waals surface area contributed by atoms with Crippen LogP contribution in [0.5, 0.6) is 0 Å². The minimum absolute atomic E-state index is 0.535. The lowest BCUT2D eigenvalue weighted by molar-refractivity contribution is -0.659. The normalized spacial score (nSPS) is 48.3. The third-order valence-electron chi connectivity index (χ3n) is 10.1. The average molecular weight is 819 g/mol. The molecule has 4 aliphatic heterocycles. The molecule has 25 nitrogen and oxygen atoms in total. The predicted octanol–water partition coefficient (Wildman–Crippen LogP) is -9.92. The summed E-state index contributed by atoms with van der Waals surface area (Å²) in [7, 11) is 0. The first kappa shape index (κ1) is 45.0. The van der Waals surface area contributed by atoms with Crippen molar-refractivity contribution in [3.8, 4) is 0 Å². The van der Waals surface area contributed by atoms with Gasteiger partial charge in [-0.1, -0.05) is 30.3 Å². The number of aliphatic hydroxyl groups is 16. The van der Waals surface area contributed by atoms with Crippen molar-refractivity contribution in [3.63, 3.8) is 0 Å². The van der Waals surface area contributed by atoms with Gasteiger partial charge in [0.15, 0.2) is 6.10 Å². The largest absolute Gasteiger partial charge is 0.394 e. The van der Waals surface area contributed by atoms with E-state index in [1.165, 1.54) is 18.2 Å². The molecule has 4 aliphatic rings. The SMILES string of the molecule is O=C(c1ccccc1)[C@@]1(O)[C@@H](O)[C@H](O)[C@@H](CO)O[C@@]1(OO[C@@]1(OC2(CO)O[C@H](CO)[C@@H](O)[C@@H]2O)O[C@H](CO)[C@@H](O)[C@H](O)[C@H]1O)OC1(CO)O[C@H](CO)[C@@H](O)[C@@H]1O. The van der Waals surface area contributed by atoms with Crippen LogP contribution in [-0.4, -0.2) is 236 Å². The minimum Gasteiger partial charge on any atom is -0.394 e. The van der Waals surface area contributed by atoms with Gasteiger partial charge >= 0.3 is 11.9 Å². The number of Topliss-reactive ketones (excluding diaryl/α,β-unsaturated/α-hetero) is 1. The molecule has 18 atom stereocenters. The Kier molecular flexibility index (Phi) is 13.6. The Hall–Kier alpha value is -2.07. The summed E-state index contributed by atoms with van der Waals surface area (Å²) in [5.74, 6) is -16.0. The van der Waals surface area contributed by atoms with Crippen LogP contribution < -0.4 is 0 Å². The number of ether oxygens (including phenoxy) is 6. The van der Waals surface area contributed by atoms with E-state index < -0.39 is 159 Å². The van der Waals surface area contributed by atoms with Crippen LogP contribution in [0.1, 0.15) is 10.4 Å². The highest BCUT2D eigenvalue weighted by Crippen LogP contribution is 2.50. The predicted molar refractivity (Wildman–Crippen MR) is 167 cm³/mol. The van der Waals surface area contributed by atoms with Crippen molar-refractivity contribution < 1.29 is 125 Å².